The van der Waals surface area contributed by atoms with Gasteiger partial charge >= 0.3 is 0 Å². The van der Waals surface area contributed by atoms with Crippen LogP contribution in [0.5, 0.6) is 0 Å². The Balaban J connectivity index is 1.48. The van der Waals surface area contributed by atoms with E-state index in [1.807, 2.05) is 0 Å². The lowest BCUT2D eigenvalue weighted by Crippen LogP contribution is -2.52. The number of benzene rings is 1. The molecule has 4 aliphatic carbocycles. The molecule has 5 rings (SSSR count). The van der Waals surface area contributed by atoms with Crippen molar-refractivity contribution in [2.24, 2.45) is 35.3 Å². The predicted octanol–water partition coefficient (Wildman–Crippen LogP) is 4.23. The van der Waals surface area contributed by atoms with Gasteiger partial charge in [0.1, 0.15) is 0 Å². The van der Waals surface area contributed by atoms with E-state index < -0.39 is 0 Å². The van der Waals surface area contributed by atoms with Gasteiger partial charge in [-0.3, -0.25) is 0 Å². The Bertz CT molecular complexity index is 453. The van der Waals surface area contributed by atoms with Gasteiger partial charge in [0.05, 0.1) is 0 Å². The third kappa shape index (κ3) is 2.43. The van der Waals surface area contributed by atoms with E-state index in [4.69, 9.17) is 5.73 Å². The van der Waals surface area contributed by atoms with Crippen LogP contribution in [0, 0.1) is 33.2 Å². The molecule has 0 aromatic heterocycles. The first-order chi connectivity index (χ1) is 9.69. The fraction of sp³-hybridized carbons (Fsp3) is 0.667. The molecule has 4 saturated carbocycles. The molecule has 4 fully saturated rings. The van der Waals surface area contributed by atoms with Gasteiger partial charge in [0.15, 0.2) is 0 Å². The summed E-state index contributed by atoms with van der Waals surface area (Å²) in [6, 6.07) is 9.32. The first-order valence-electron chi connectivity index (χ1n) is 8.19. The molecule has 0 spiro atoms. The molecule has 1 atom stereocenters. The van der Waals surface area contributed by atoms with Crippen LogP contribution in [0.25, 0.3) is 0 Å². The van der Waals surface area contributed by atoms with Crippen molar-refractivity contribution in [3.8, 4) is 0 Å². The molecule has 0 saturated heterocycles. The molecule has 0 amide bonds. The fourth-order valence-electron chi connectivity index (χ4n) is 5.70. The molecule has 0 radical (unpaired) electrons. The van der Waals surface area contributed by atoms with E-state index >= 15 is 0 Å². The maximum absolute atomic E-state index is 6.67. The van der Waals surface area contributed by atoms with Crippen molar-refractivity contribution in [1.29, 1.82) is 0 Å². The summed E-state index contributed by atoms with van der Waals surface area (Å²) in [5, 5.41) is 0. The quantitative estimate of drug-likeness (QED) is 0.779. The molecule has 2 heteroatoms. The number of nitrogens with two attached hydrogens (primary N) is 1. The van der Waals surface area contributed by atoms with Crippen molar-refractivity contribution in [1.82, 2.24) is 0 Å². The summed E-state index contributed by atoms with van der Waals surface area (Å²) in [5.41, 5.74) is 8.09. The summed E-state index contributed by atoms with van der Waals surface area (Å²) in [6.45, 7) is 0. The van der Waals surface area contributed by atoms with E-state index in [-0.39, 0.29) is 0 Å². The lowest BCUT2D eigenvalue weighted by molar-refractivity contribution is -0.0464. The normalized spacial score (nSPS) is 40.0. The van der Waals surface area contributed by atoms with Gasteiger partial charge < -0.3 is 5.73 Å². The second kappa shape index (κ2) is 5.28. The van der Waals surface area contributed by atoms with Gasteiger partial charge in [0, 0.05) is 9.61 Å². The van der Waals surface area contributed by atoms with Gasteiger partial charge in [-0.2, -0.15) is 0 Å². The van der Waals surface area contributed by atoms with Gasteiger partial charge in [-0.1, -0.05) is 12.1 Å². The van der Waals surface area contributed by atoms with E-state index in [2.05, 4.69) is 46.9 Å². The summed E-state index contributed by atoms with van der Waals surface area (Å²) in [7, 11) is 0. The molecule has 1 nitrogen and oxygen atoms in total. The second-order valence-electron chi connectivity index (χ2n) is 7.50. The largest absolute Gasteiger partial charge is 0.327 e. The minimum absolute atomic E-state index is 0.380. The molecular formula is C18H24IN. The number of hydrogen-bond acceptors (Lipinski definition) is 1. The van der Waals surface area contributed by atoms with Crippen molar-refractivity contribution in [3.05, 3.63) is 33.4 Å². The van der Waals surface area contributed by atoms with Gasteiger partial charge in [0.25, 0.3) is 0 Å². The van der Waals surface area contributed by atoms with Crippen molar-refractivity contribution in [3.63, 3.8) is 0 Å². The summed E-state index contributed by atoms with van der Waals surface area (Å²) in [6.07, 6.45) is 8.54. The van der Waals surface area contributed by atoms with Crippen LogP contribution in [-0.2, 0) is 6.42 Å². The van der Waals surface area contributed by atoms with Gasteiger partial charge in [-0.25, -0.2) is 0 Å². The van der Waals surface area contributed by atoms with Crippen LogP contribution in [0.3, 0.4) is 0 Å². The first kappa shape index (κ1) is 13.6. The van der Waals surface area contributed by atoms with Crippen LogP contribution < -0.4 is 5.73 Å². The monoisotopic (exact) mass is 381 g/mol. The fourth-order valence-corrected chi connectivity index (χ4v) is 6.05. The zero-order valence-corrected chi connectivity index (χ0v) is 14.1. The Morgan fingerprint density at radius 1 is 0.950 bits per heavy atom. The first-order valence-corrected chi connectivity index (χ1v) is 9.27. The Morgan fingerprint density at radius 3 is 2.05 bits per heavy atom. The maximum Gasteiger partial charge on any atom is 0.0130 e. The lowest BCUT2D eigenvalue weighted by Gasteiger charge is -2.56. The highest BCUT2D eigenvalue weighted by Crippen LogP contribution is 2.57. The summed E-state index contributed by atoms with van der Waals surface area (Å²) >= 11 is 2.37. The molecule has 1 aromatic rings. The SMILES string of the molecule is NC(Cc1ccc(I)cc1)C1C2CC3CC(C2)CC1C3. The van der Waals surface area contributed by atoms with Crippen molar-refractivity contribution in [2.45, 2.75) is 44.6 Å². The van der Waals surface area contributed by atoms with Gasteiger partial charge in [0.2, 0.25) is 0 Å². The third-order valence-electron chi connectivity index (χ3n) is 6.18. The van der Waals surface area contributed by atoms with Crippen molar-refractivity contribution in [2.75, 3.05) is 0 Å². The molecular weight excluding hydrogens is 357 g/mol. The molecule has 4 aliphatic rings. The molecule has 0 aliphatic heterocycles. The molecule has 108 valence electrons. The van der Waals surface area contributed by atoms with Crippen LogP contribution in [0.4, 0.5) is 0 Å². The lowest BCUT2D eigenvalue weighted by atomic mass is 9.50. The van der Waals surface area contributed by atoms with E-state index in [0.29, 0.717) is 6.04 Å². The van der Waals surface area contributed by atoms with Crippen LogP contribution in [0.2, 0.25) is 0 Å². The van der Waals surface area contributed by atoms with Crippen molar-refractivity contribution < 1.29 is 0 Å². The van der Waals surface area contributed by atoms with E-state index in [0.717, 1.165) is 36.0 Å². The minimum atomic E-state index is 0.380. The Morgan fingerprint density at radius 2 is 1.50 bits per heavy atom. The predicted molar refractivity (Wildman–Crippen MR) is 91.4 cm³/mol. The Kier molecular flexibility index (Phi) is 3.58. The van der Waals surface area contributed by atoms with Crippen LogP contribution >= 0.6 is 22.6 Å². The standard InChI is InChI=1S/C18H24IN/c19-16-3-1-11(2-4-16)10-17(20)18-14-6-12-5-13(8-14)9-15(18)7-12/h1-4,12-15,17-18H,5-10,20H2. The number of hydrogen-bond donors (Lipinski definition) is 1. The maximum atomic E-state index is 6.67. The highest BCUT2D eigenvalue weighted by molar-refractivity contribution is 14.1. The van der Waals surface area contributed by atoms with Crippen molar-refractivity contribution >= 4 is 22.6 Å². The number of rotatable bonds is 3. The number of halogens is 1. The Labute approximate surface area is 135 Å². The highest BCUT2D eigenvalue weighted by atomic mass is 127. The zero-order chi connectivity index (χ0) is 13.7. The molecule has 1 unspecified atom stereocenters. The molecule has 2 N–H and O–H groups in total. The van der Waals surface area contributed by atoms with Crippen LogP contribution in [0.15, 0.2) is 24.3 Å². The van der Waals surface area contributed by atoms with Gasteiger partial charge in [-0.05, 0) is 108 Å². The van der Waals surface area contributed by atoms with E-state index in [9.17, 15) is 0 Å². The molecule has 0 heterocycles. The summed E-state index contributed by atoms with van der Waals surface area (Å²) < 4.78 is 1.31. The smallest absolute Gasteiger partial charge is 0.0130 e. The van der Waals surface area contributed by atoms with E-state index in [1.54, 1.807) is 0 Å². The summed E-state index contributed by atoms with van der Waals surface area (Å²) in [4.78, 5) is 0. The topological polar surface area (TPSA) is 26.0 Å². The molecule has 1 aromatic carbocycles. The average molecular weight is 381 g/mol. The minimum Gasteiger partial charge on any atom is -0.327 e. The zero-order valence-electron chi connectivity index (χ0n) is 12.0. The summed E-state index contributed by atoms with van der Waals surface area (Å²) in [5.74, 6) is 4.82. The van der Waals surface area contributed by atoms with Crippen LogP contribution in [0.1, 0.15) is 37.7 Å². The highest BCUT2D eigenvalue weighted by Gasteiger charge is 2.49. The second-order valence-corrected chi connectivity index (χ2v) is 8.75. The van der Waals surface area contributed by atoms with E-state index in [1.165, 1.54) is 41.2 Å². The molecule has 20 heavy (non-hydrogen) atoms. The Hall–Kier alpha value is -0.0900. The third-order valence-corrected chi connectivity index (χ3v) is 6.90. The van der Waals surface area contributed by atoms with Crippen LogP contribution in [-0.4, -0.2) is 6.04 Å². The average Bonchev–Trinajstić information content (AvgIpc) is 2.40. The van der Waals surface area contributed by atoms with Gasteiger partial charge in [-0.15, -0.1) is 0 Å². The molecule has 4 bridgehead atoms.